The molecule has 0 aromatic carbocycles. The Morgan fingerprint density at radius 1 is 1.32 bits per heavy atom. The van der Waals surface area contributed by atoms with Gasteiger partial charge in [0.05, 0.1) is 11.8 Å². The molecule has 0 saturated heterocycles. The summed E-state index contributed by atoms with van der Waals surface area (Å²) < 4.78 is 37.0. The molecule has 0 fully saturated rings. The Bertz CT molecular complexity index is 592. The highest BCUT2D eigenvalue weighted by atomic mass is 32.1. The van der Waals surface area contributed by atoms with Crippen LogP contribution in [0.5, 0.6) is 0 Å². The molecule has 19 heavy (non-hydrogen) atoms. The molecule has 0 aliphatic rings. The van der Waals surface area contributed by atoms with E-state index in [2.05, 4.69) is 15.3 Å². The molecule has 0 aliphatic heterocycles. The van der Waals surface area contributed by atoms with Gasteiger partial charge in [0, 0.05) is 10.9 Å². The molecule has 7 heteroatoms. The van der Waals surface area contributed by atoms with Crippen molar-refractivity contribution in [3.05, 3.63) is 16.8 Å². The third-order valence-corrected chi connectivity index (χ3v) is 4.00. The number of nitrogens with one attached hydrogen (secondary N) is 1. The molecule has 2 rings (SSSR count). The van der Waals surface area contributed by atoms with Gasteiger partial charge in [-0.25, -0.2) is 9.97 Å². The van der Waals surface area contributed by atoms with E-state index in [-0.39, 0.29) is 0 Å². The number of thiophene rings is 1. The number of aryl methyl sites for hydroxylation is 2. The molecule has 0 saturated carbocycles. The van der Waals surface area contributed by atoms with Gasteiger partial charge in [0.15, 0.2) is 0 Å². The number of rotatable bonds is 3. The standard InChI is InChI=1S/C12H14F3N3S/c1-6(4-12(13,14)15)18-10-9-7(2)8(3)19-11(9)17-5-16-10/h5-6H,4H2,1-3H3,(H,16,17,18). The van der Waals surface area contributed by atoms with Crippen molar-refractivity contribution >= 4 is 27.4 Å². The Morgan fingerprint density at radius 3 is 2.63 bits per heavy atom. The van der Waals surface area contributed by atoms with Crippen molar-refractivity contribution in [3.63, 3.8) is 0 Å². The molecule has 104 valence electrons. The first-order valence-electron chi connectivity index (χ1n) is 5.82. The minimum atomic E-state index is -4.18. The van der Waals surface area contributed by atoms with Crippen LogP contribution in [0.2, 0.25) is 0 Å². The minimum Gasteiger partial charge on any atom is -0.367 e. The maximum absolute atomic E-state index is 12.3. The first-order chi connectivity index (χ1) is 8.78. The number of anilines is 1. The Labute approximate surface area is 112 Å². The second kappa shape index (κ2) is 4.96. The zero-order valence-electron chi connectivity index (χ0n) is 10.8. The van der Waals surface area contributed by atoms with Crippen LogP contribution in [0.25, 0.3) is 10.2 Å². The topological polar surface area (TPSA) is 37.8 Å². The van der Waals surface area contributed by atoms with Crippen molar-refractivity contribution in [1.29, 1.82) is 0 Å². The van der Waals surface area contributed by atoms with Crippen LogP contribution >= 0.6 is 11.3 Å². The van der Waals surface area contributed by atoms with Crippen molar-refractivity contribution in [3.8, 4) is 0 Å². The summed E-state index contributed by atoms with van der Waals surface area (Å²) in [5, 5.41) is 3.65. The molecule has 1 unspecified atom stereocenters. The predicted molar refractivity (Wildman–Crippen MR) is 70.6 cm³/mol. The van der Waals surface area contributed by atoms with Crippen LogP contribution < -0.4 is 5.32 Å². The summed E-state index contributed by atoms with van der Waals surface area (Å²) in [7, 11) is 0. The fourth-order valence-corrected chi connectivity index (χ4v) is 2.92. The highest BCUT2D eigenvalue weighted by Gasteiger charge is 2.30. The predicted octanol–water partition coefficient (Wildman–Crippen LogP) is 4.06. The molecule has 0 spiro atoms. The molecular formula is C12H14F3N3S. The maximum Gasteiger partial charge on any atom is 0.391 e. The van der Waals surface area contributed by atoms with Crippen molar-refractivity contribution in [2.24, 2.45) is 0 Å². The molecule has 3 nitrogen and oxygen atoms in total. The van der Waals surface area contributed by atoms with E-state index in [4.69, 9.17) is 0 Å². The fraction of sp³-hybridized carbons (Fsp3) is 0.500. The van der Waals surface area contributed by atoms with E-state index >= 15 is 0 Å². The Kier molecular flexibility index (Phi) is 3.66. The van der Waals surface area contributed by atoms with Gasteiger partial charge >= 0.3 is 6.18 Å². The van der Waals surface area contributed by atoms with Crippen LogP contribution in [0.15, 0.2) is 6.33 Å². The van der Waals surface area contributed by atoms with E-state index in [9.17, 15) is 13.2 Å². The average molecular weight is 289 g/mol. The number of nitrogens with zero attached hydrogens (tertiary/aromatic N) is 2. The van der Waals surface area contributed by atoms with E-state index in [1.807, 2.05) is 13.8 Å². The fourth-order valence-electron chi connectivity index (χ4n) is 1.92. The summed E-state index contributed by atoms with van der Waals surface area (Å²) in [5.74, 6) is 0.476. The van der Waals surface area contributed by atoms with Gasteiger partial charge in [-0.15, -0.1) is 11.3 Å². The maximum atomic E-state index is 12.3. The number of alkyl halides is 3. The lowest BCUT2D eigenvalue weighted by Gasteiger charge is -2.16. The number of fused-ring (bicyclic) bond motifs is 1. The monoisotopic (exact) mass is 289 g/mol. The Balaban J connectivity index is 2.30. The molecule has 2 aromatic heterocycles. The van der Waals surface area contributed by atoms with Gasteiger partial charge in [-0.3, -0.25) is 0 Å². The molecule has 1 N–H and O–H groups in total. The van der Waals surface area contributed by atoms with Gasteiger partial charge < -0.3 is 5.32 Å². The summed E-state index contributed by atoms with van der Waals surface area (Å²) in [6.07, 6.45) is -3.70. The summed E-state index contributed by atoms with van der Waals surface area (Å²) in [6, 6.07) is -0.724. The molecule has 0 radical (unpaired) electrons. The number of halogens is 3. The molecule has 0 aliphatic carbocycles. The lowest BCUT2D eigenvalue weighted by atomic mass is 10.2. The molecule has 0 amide bonds. The first-order valence-corrected chi connectivity index (χ1v) is 6.63. The van der Waals surface area contributed by atoms with Crippen LogP contribution in [0.1, 0.15) is 23.8 Å². The molecule has 2 heterocycles. The largest absolute Gasteiger partial charge is 0.391 e. The van der Waals surface area contributed by atoms with Crippen LogP contribution in [-0.2, 0) is 0 Å². The first kappa shape index (κ1) is 14.0. The number of hydrogen-bond acceptors (Lipinski definition) is 4. The van der Waals surface area contributed by atoms with Gasteiger partial charge in [0.1, 0.15) is 17.0 Å². The lowest BCUT2D eigenvalue weighted by molar-refractivity contribution is -0.136. The van der Waals surface area contributed by atoms with Gasteiger partial charge in [0.2, 0.25) is 0 Å². The zero-order valence-corrected chi connectivity index (χ0v) is 11.6. The van der Waals surface area contributed by atoms with Crippen LogP contribution in [0.3, 0.4) is 0 Å². The van der Waals surface area contributed by atoms with Crippen LogP contribution in [0, 0.1) is 13.8 Å². The zero-order chi connectivity index (χ0) is 14.2. The number of hydrogen-bond donors (Lipinski definition) is 1. The average Bonchev–Trinajstić information content (AvgIpc) is 2.53. The highest BCUT2D eigenvalue weighted by Crippen LogP contribution is 2.33. The quantitative estimate of drug-likeness (QED) is 0.926. The van der Waals surface area contributed by atoms with Crippen molar-refractivity contribution in [2.45, 2.75) is 39.4 Å². The van der Waals surface area contributed by atoms with E-state index in [0.717, 1.165) is 20.7 Å². The Morgan fingerprint density at radius 2 is 2.00 bits per heavy atom. The molecule has 2 aromatic rings. The summed E-state index contributed by atoms with van der Waals surface area (Å²) >= 11 is 1.52. The second-order valence-corrected chi connectivity index (χ2v) is 5.75. The van der Waals surface area contributed by atoms with Gasteiger partial charge in [-0.2, -0.15) is 13.2 Å². The molecular weight excluding hydrogens is 275 g/mol. The summed E-state index contributed by atoms with van der Waals surface area (Å²) in [4.78, 5) is 10.1. The van der Waals surface area contributed by atoms with E-state index in [0.29, 0.717) is 5.82 Å². The number of aromatic nitrogens is 2. The smallest absolute Gasteiger partial charge is 0.367 e. The van der Waals surface area contributed by atoms with E-state index in [1.165, 1.54) is 24.6 Å². The Hall–Kier alpha value is -1.37. The van der Waals surface area contributed by atoms with Crippen LogP contribution in [-0.4, -0.2) is 22.2 Å². The summed E-state index contributed by atoms with van der Waals surface area (Å²) in [6.45, 7) is 5.39. The minimum absolute atomic E-state index is 0.476. The van der Waals surface area contributed by atoms with Gasteiger partial charge in [-0.1, -0.05) is 0 Å². The third kappa shape index (κ3) is 3.15. The molecule has 0 bridgehead atoms. The third-order valence-electron chi connectivity index (χ3n) is 2.89. The van der Waals surface area contributed by atoms with Gasteiger partial charge in [0.25, 0.3) is 0 Å². The van der Waals surface area contributed by atoms with Crippen LogP contribution in [0.4, 0.5) is 19.0 Å². The lowest BCUT2D eigenvalue weighted by Crippen LogP contribution is -2.24. The van der Waals surface area contributed by atoms with Gasteiger partial charge in [-0.05, 0) is 26.3 Å². The highest BCUT2D eigenvalue weighted by molar-refractivity contribution is 7.18. The normalized spacial score (nSPS) is 13.8. The van der Waals surface area contributed by atoms with Crippen molar-refractivity contribution in [1.82, 2.24) is 9.97 Å². The molecule has 1 atom stereocenters. The van der Waals surface area contributed by atoms with Crippen molar-refractivity contribution in [2.75, 3.05) is 5.32 Å². The van der Waals surface area contributed by atoms with Crippen molar-refractivity contribution < 1.29 is 13.2 Å². The second-order valence-electron chi connectivity index (χ2n) is 4.55. The summed E-state index contributed by atoms with van der Waals surface area (Å²) in [5.41, 5.74) is 1.02. The van der Waals surface area contributed by atoms with E-state index in [1.54, 1.807) is 0 Å². The SMILES string of the molecule is Cc1sc2ncnc(NC(C)CC(F)(F)F)c2c1C. The van der Waals surface area contributed by atoms with E-state index < -0.39 is 18.6 Å².